The van der Waals surface area contributed by atoms with Crippen LogP contribution in [-0.2, 0) is 9.59 Å². The Balaban J connectivity index is 2.18. The molecule has 2 aromatic rings. The van der Waals surface area contributed by atoms with Crippen LogP contribution in [0.1, 0.15) is 17.2 Å². The molecule has 0 spiro atoms. The van der Waals surface area contributed by atoms with Gasteiger partial charge in [-0.15, -0.1) is 0 Å². The largest absolute Gasteiger partial charge is 0.507 e. The predicted octanol–water partition coefficient (Wildman–Crippen LogP) is 3.30. The highest BCUT2D eigenvalue weighted by molar-refractivity contribution is 6.46. The molecule has 1 saturated heterocycles. The Bertz CT molecular complexity index is 952. The molecule has 8 heteroatoms. The van der Waals surface area contributed by atoms with Crippen LogP contribution in [0.5, 0.6) is 0 Å². The number of amides is 1. The third-order valence-electron chi connectivity index (χ3n) is 4.19. The topological polar surface area (TPSA) is 101 Å². The van der Waals surface area contributed by atoms with Crippen molar-refractivity contribution in [2.24, 2.45) is 0 Å². The van der Waals surface area contributed by atoms with Crippen LogP contribution >= 0.6 is 11.6 Å². The van der Waals surface area contributed by atoms with E-state index < -0.39 is 22.7 Å². The van der Waals surface area contributed by atoms with Gasteiger partial charge in [0.2, 0.25) is 0 Å². The minimum Gasteiger partial charge on any atom is -0.507 e. The van der Waals surface area contributed by atoms with Gasteiger partial charge >= 0.3 is 0 Å². The number of carbonyl (C=O) groups is 2. The van der Waals surface area contributed by atoms with Crippen molar-refractivity contribution in [1.82, 2.24) is 4.90 Å². The summed E-state index contributed by atoms with van der Waals surface area (Å²) in [4.78, 5) is 36.2. The maximum atomic E-state index is 12.4. The number of nitrogens with zero attached hydrogens (tertiary/aromatic N) is 2. The van der Waals surface area contributed by atoms with Crippen LogP contribution in [0, 0.1) is 10.1 Å². The molecule has 0 aliphatic carbocycles. The zero-order chi connectivity index (χ0) is 19.0. The second-order valence-corrected chi connectivity index (χ2v) is 6.21. The molecule has 1 aliphatic rings. The molecule has 132 valence electrons. The van der Waals surface area contributed by atoms with Gasteiger partial charge < -0.3 is 10.0 Å². The van der Waals surface area contributed by atoms with Gasteiger partial charge in [0.25, 0.3) is 17.4 Å². The van der Waals surface area contributed by atoms with E-state index in [4.69, 9.17) is 11.6 Å². The lowest BCUT2D eigenvalue weighted by molar-refractivity contribution is -0.384. The number of ketones is 1. The third kappa shape index (κ3) is 2.93. The van der Waals surface area contributed by atoms with Crippen LogP contribution in [0.3, 0.4) is 0 Å². The summed E-state index contributed by atoms with van der Waals surface area (Å²) >= 11 is 5.83. The molecule has 0 bridgehead atoms. The zero-order valence-corrected chi connectivity index (χ0v) is 14.3. The van der Waals surface area contributed by atoms with Gasteiger partial charge in [-0.1, -0.05) is 23.7 Å². The Hall–Kier alpha value is -3.19. The van der Waals surface area contributed by atoms with Crippen molar-refractivity contribution in [2.45, 2.75) is 6.04 Å². The predicted molar refractivity (Wildman–Crippen MR) is 94.6 cm³/mol. The van der Waals surface area contributed by atoms with E-state index in [1.165, 1.54) is 37.4 Å². The van der Waals surface area contributed by atoms with Gasteiger partial charge in [-0.3, -0.25) is 19.7 Å². The summed E-state index contributed by atoms with van der Waals surface area (Å²) in [5.41, 5.74) is 0.376. The second kappa shape index (κ2) is 6.61. The van der Waals surface area contributed by atoms with Crippen molar-refractivity contribution in [1.29, 1.82) is 0 Å². The Kier molecular flexibility index (Phi) is 4.48. The average molecular weight is 373 g/mol. The van der Waals surface area contributed by atoms with E-state index in [9.17, 15) is 24.8 Å². The molecule has 26 heavy (non-hydrogen) atoms. The molecule has 1 amide bonds. The smallest absolute Gasteiger partial charge is 0.295 e. The number of likely N-dealkylation sites (tertiary alicyclic amines) is 1. The number of hydrogen-bond acceptors (Lipinski definition) is 5. The minimum atomic E-state index is -0.925. The maximum Gasteiger partial charge on any atom is 0.295 e. The Labute approximate surface area is 153 Å². The zero-order valence-electron chi connectivity index (χ0n) is 13.5. The summed E-state index contributed by atoms with van der Waals surface area (Å²) in [6.07, 6.45) is 0. The number of nitro groups is 1. The summed E-state index contributed by atoms with van der Waals surface area (Å²) in [6, 6.07) is 10.8. The molecular weight excluding hydrogens is 360 g/mol. The highest BCUT2D eigenvalue weighted by Gasteiger charge is 2.44. The van der Waals surface area contributed by atoms with E-state index in [1.54, 1.807) is 18.2 Å². The standard InChI is InChI=1S/C18H13ClN2O5/c1-20-15(11-3-2-4-13(9-11)21(25)26)14(17(23)18(20)24)16(22)10-5-7-12(19)8-6-10/h2-9,15,22H,1H3/t15-/m1/s1. The molecular formula is C18H13ClN2O5. The number of benzene rings is 2. The molecule has 0 radical (unpaired) electrons. The van der Waals surface area contributed by atoms with Crippen LogP contribution in [0.2, 0.25) is 5.02 Å². The maximum absolute atomic E-state index is 12.4. The average Bonchev–Trinajstić information content (AvgIpc) is 2.86. The third-order valence-corrected chi connectivity index (χ3v) is 4.44. The van der Waals surface area contributed by atoms with Crippen LogP contribution in [-0.4, -0.2) is 33.7 Å². The molecule has 2 aromatic carbocycles. The molecule has 0 saturated carbocycles. The fraction of sp³-hybridized carbons (Fsp3) is 0.111. The first kappa shape index (κ1) is 17.6. The summed E-state index contributed by atoms with van der Waals surface area (Å²) < 4.78 is 0. The van der Waals surface area contributed by atoms with Gasteiger partial charge in [-0.05, 0) is 29.8 Å². The van der Waals surface area contributed by atoms with Gasteiger partial charge in [-0.2, -0.15) is 0 Å². The lowest BCUT2D eigenvalue weighted by Gasteiger charge is -2.20. The van der Waals surface area contributed by atoms with Crippen molar-refractivity contribution < 1.29 is 19.6 Å². The van der Waals surface area contributed by atoms with Gasteiger partial charge in [0.05, 0.1) is 16.5 Å². The molecule has 0 unspecified atom stereocenters. The van der Waals surface area contributed by atoms with E-state index in [1.807, 2.05) is 0 Å². The van der Waals surface area contributed by atoms with Gasteiger partial charge in [0.1, 0.15) is 5.76 Å². The van der Waals surface area contributed by atoms with Crippen molar-refractivity contribution in [3.8, 4) is 0 Å². The highest BCUT2D eigenvalue weighted by atomic mass is 35.5. The van der Waals surface area contributed by atoms with E-state index in [0.717, 1.165) is 4.90 Å². The lowest BCUT2D eigenvalue weighted by atomic mass is 9.95. The molecule has 1 fully saturated rings. The number of rotatable bonds is 3. The summed E-state index contributed by atoms with van der Waals surface area (Å²) in [5.74, 6) is -2.01. The number of non-ortho nitro benzene ring substituents is 1. The van der Waals surface area contributed by atoms with Crippen LogP contribution in [0.25, 0.3) is 5.76 Å². The first-order valence-corrected chi connectivity index (χ1v) is 7.94. The number of halogens is 1. The minimum absolute atomic E-state index is 0.125. The number of hydrogen-bond donors (Lipinski definition) is 1. The second-order valence-electron chi connectivity index (χ2n) is 5.77. The number of aliphatic hydroxyl groups excluding tert-OH is 1. The fourth-order valence-electron chi connectivity index (χ4n) is 2.91. The van der Waals surface area contributed by atoms with E-state index in [2.05, 4.69) is 0 Å². The normalized spacial score (nSPS) is 19.0. The first-order chi connectivity index (χ1) is 12.3. The number of Topliss-reactive ketones (excluding diaryl/α,β-unsaturated/α-hetero) is 1. The highest BCUT2D eigenvalue weighted by Crippen LogP contribution is 2.39. The quantitative estimate of drug-likeness (QED) is 0.293. The number of nitro benzene ring substituents is 1. The van der Waals surface area contributed by atoms with Gasteiger partial charge in [0, 0.05) is 29.8 Å². The number of likely N-dealkylation sites (N-methyl/N-ethyl adjacent to an activating group) is 1. The van der Waals surface area contributed by atoms with Crippen LogP contribution < -0.4 is 0 Å². The van der Waals surface area contributed by atoms with E-state index in [-0.39, 0.29) is 17.0 Å². The Morgan fingerprint density at radius 2 is 1.85 bits per heavy atom. The molecule has 1 aliphatic heterocycles. The molecule has 1 atom stereocenters. The number of carbonyl (C=O) groups excluding carboxylic acids is 2. The molecule has 3 rings (SSSR count). The Morgan fingerprint density at radius 1 is 1.19 bits per heavy atom. The summed E-state index contributed by atoms with van der Waals surface area (Å²) in [7, 11) is 1.41. The van der Waals surface area contributed by atoms with Gasteiger partial charge in [0.15, 0.2) is 0 Å². The van der Waals surface area contributed by atoms with Crippen molar-refractivity contribution in [2.75, 3.05) is 7.05 Å². The monoisotopic (exact) mass is 372 g/mol. The van der Waals surface area contributed by atoms with Crippen molar-refractivity contribution in [3.63, 3.8) is 0 Å². The van der Waals surface area contributed by atoms with Gasteiger partial charge in [-0.25, -0.2) is 0 Å². The van der Waals surface area contributed by atoms with Crippen molar-refractivity contribution in [3.05, 3.63) is 80.4 Å². The van der Waals surface area contributed by atoms with Crippen LogP contribution in [0.15, 0.2) is 54.1 Å². The number of aliphatic hydroxyl groups is 1. The Morgan fingerprint density at radius 3 is 2.46 bits per heavy atom. The first-order valence-electron chi connectivity index (χ1n) is 7.56. The molecule has 1 heterocycles. The van der Waals surface area contributed by atoms with Crippen LogP contribution in [0.4, 0.5) is 5.69 Å². The molecule has 7 nitrogen and oxygen atoms in total. The van der Waals surface area contributed by atoms with E-state index in [0.29, 0.717) is 16.1 Å². The lowest BCUT2D eigenvalue weighted by Crippen LogP contribution is -2.24. The fourth-order valence-corrected chi connectivity index (χ4v) is 3.04. The summed E-state index contributed by atoms with van der Waals surface area (Å²) in [6.45, 7) is 0. The molecule has 1 N–H and O–H groups in total. The van der Waals surface area contributed by atoms with Crippen molar-refractivity contribution >= 4 is 34.7 Å². The summed E-state index contributed by atoms with van der Waals surface area (Å²) in [5, 5.41) is 22.1. The SMILES string of the molecule is CN1C(=O)C(=O)C(=C(O)c2ccc(Cl)cc2)[C@H]1c1cccc([N+](=O)[O-])c1. The van der Waals surface area contributed by atoms with E-state index >= 15 is 0 Å². The molecule has 0 aromatic heterocycles.